The normalized spacial score (nSPS) is 13.8. The number of nitriles is 1. The van der Waals surface area contributed by atoms with Crippen molar-refractivity contribution in [1.82, 2.24) is 5.32 Å². The maximum atomic E-state index is 9.86. The largest absolute Gasteiger partial charge is 0.489 e. The van der Waals surface area contributed by atoms with Crippen LogP contribution in [0.15, 0.2) is 24.3 Å². The van der Waals surface area contributed by atoms with Gasteiger partial charge in [-0.2, -0.15) is 5.26 Å². The third kappa shape index (κ3) is 5.60. The van der Waals surface area contributed by atoms with Gasteiger partial charge in [-0.3, -0.25) is 0 Å². The summed E-state index contributed by atoms with van der Waals surface area (Å²) in [6, 6.07) is 9.10. The Hall–Kier alpha value is -1.57. The second-order valence-electron chi connectivity index (χ2n) is 5.45. The molecule has 2 atom stereocenters. The Labute approximate surface area is 121 Å². The van der Waals surface area contributed by atoms with E-state index in [0.717, 1.165) is 6.54 Å². The van der Waals surface area contributed by atoms with E-state index in [2.05, 4.69) is 32.2 Å². The van der Waals surface area contributed by atoms with E-state index in [0.29, 0.717) is 29.7 Å². The van der Waals surface area contributed by atoms with E-state index in [1.807, 2.05) is 6.07 Å². The Bertz CT molecular complexity index is 440. The molecule has 0 aliphatic carbocycles. The lowest BCUT2D eigenvalue weighted by Gasteiger charge is -2.18. The number of nitrogens with one attached hydrogen (secondary N) is 1. The summed E-state index contributed by atoms with van der Waals surface area (Å²) in [5, 5.41) is 22.0. The fraction of sp³-hybridized carbons (Fsp3) is 0.562. The van der Waals surface area contributed by atoms with Crippen LogP contribution in [0.25, 0.3) is 0 Å². The van der Waals surface area contributed by atoms with Crippen molar-refractivity contribution >= 4 is 0 Å². The molecule has 0 bridgehead atoms. The second-order valence-corrected chi connectivity index (χ2v) is 5.45. The summed E-state index contributed by atoms with van der Waals surface area (Å²) in [6.07, 6.45) is -0.582. The lowest BCUT2D eigenvalue weighted by molar-refractivity contribution is 0.105. The summed E-state index contributed by atoms with van der Waals surface area (Å²) in [5.74, 6) is 1.71. The van der Waals surface area contributed by atoms with Crippen molar-refractivity contribution in [2.75, 3.05) is 19.7 Å². The molecule has 1 aromatic carbocycles. The average molecular weight is 276 g/mol. The molecule has 0 spiro atoms. The van der Waals surface area contributed by atoms with Crippen LogP contribution < -0.4 is 10.1 Å². The van der Waals surface area contributed by atoms with Gasteiger partial charge < -0.3 is 15.2 Å². The third-order valence-corrected chi connectivity index (χ3v) is 3.42. The van der Waals surface area contributed by atoms with Gasteiger partial charge in [-0.05, 0) is 30.5 Å². The molecular formula is C16H24N2O2. The van der Waals surface area contributed by atoms with Crippen molar-refractivity contribution < 1.29 is 9.84 Å². The van der Waals surface area contributed by atoms with Crippen LogP contribution in [0.5, 0.6) is 5.75 Å². The summed E-state index contributed by atoms with van der Waals surface area (Å²) in [4.78, 5) is 0. The summed E-state index contributed by atoms with van der Waals surface area (Å²) in [5.41, 5.74) is 0.487. The lowest BCUT2D eigenvalue weighted by Crippen LogP contribution is -2.34. The highest BCUT2D eigenvalue weighted by Gasteiger charge is 2.10. The van der Waals surface area contributed by atoms with Crippen LogP contribution in [0.2, 0.25) is 0 Å². The zero-order chi connectivity index (χ0) is 15.0. The van der Waals surface area contributed by atoms with Crippen molar-refractivity contribution in [1.29, 1.82) is 5.26 Å². The van der Waals surface area contributed by atoms with Crippen molar-refractivity contribution in [3.05, 3.63) is 29.8 Å². The molecule has 2 N–H and O–H groups in total. The first-order valence-corrected chi connectivity index (χ1v) is 7.05. The van der Waals surface area contributed by atoms with Crippen molar-refractivity contribution in [2.45, 2.75) is 26.9 Å². The molecule has 0 amide bonds. The van der Waals surface area contributed by atoms with Crippen molar-refractivity contribution in [2.24, 2.45) is 11.8 Å². The van der Waals surface area contributed by atoms with Gasteiger partial charge in [-0.1, -0.05) is 32.9 Å². The number of aliphatic hydroxyl groups is 1. The van der Waals surface area contributed by atoms with Crippen LogP contribution in [0.1, 0.15) is 26.3 Å². The molecule has 0 saturated heterocycles. The van der Waals surface area contributed by atoms with Crippen molar-refractivity contribution in [3.63, 3.8) is 0 Å². The third-order valence-electron chi connectivity index (χ3n) is 3.42. The molecule has 0 heterocycles. The molecule has 0 aliphatic heterocycles. The summed E-state index contributed by atoms with van der Waals surface area (Å²) in [6.45, 7) is 8.11. The van der Waals surface area contributed by atoms with Crippen LogP contribution in [-0.2, 0) is 0 Å². The fourth-order valence-corrected chi connectivity index (χ4v) is 1.64. The van der Waals surface area contributed by atoms with Gasteiger partial charge in [0.25, 0.3) is 0 Å². The molecule has 2 unspecified atom stereocenters. The standard InChI is InChI=1S/C16H24N2O2/c1-12(2)13(3)9-18-10-15(19)11-20-16-7-5-4-6-14(16)8-17/h4-7,12-13,15,18-19H,9-11H2,1-3H3. The summed E-state index contributed by atoms with van der Waals surface area (Å²) < 4.78 is 5.48. The van der Waals surface area contributed by atoms with Crippen LogP contribution >= 0.6 is 0 Å². The van der Waals surface area contributed by atoms with Crippen LogP contribution in [0, 0.1) is 23.2 Å². The summed E-state index contributed by atoms with van der Waals surface area (Å²) in [7, 11) is 0. The molecule has 4 heteroatoms. The Morgan fingerprint density at radius 3 is 2.60 bits per heavy atom. The summed E-state index contributed by atoms with van der Waals surface area (Å²) >= 11 is 0. The first-order valence-electron chi connectivity index (χ1n) is 7.05. The number of ether oxygens (including phenoxy) is 1. The van der Waals surface area contributed by atoms with E-state index >= 15 is 0 Å². The minimum atomic E-state index is -0.582. The van der Waals surface area contributed by atoms with Gasteiger partial charge >= 0.3 is 0 Å². The predicted molar refractivity (Wildman–Crippen MR) is 79.5 cm³/mol. The SMILES string of the molecule is CC(C)C(C)CNCC(O)COc1ccccc1C#N. The first-order chi connectivity index (χ1) is 9.54. The van der Waals surface area contributed by atoms with Gasteiger partial charge in [-0.25, -0.2) is 0 Å². The maximum absolute atomic E-state index is 9.86. The highest BCUT2D eigenvalue weighted by molar-refractivity contribution is 5.42. The molecule has 0 radical (unpaired) electrons. The highest BCUT2D eigenvalue weighted by atomic mass is 16.5. The second kappa shape index (κ2) is 8.57. The predicted octanol–water partition coefficient (Wildman–Crippen LogP) is 2.18. The molecule has 0 aromatic heterocycles. The fourth-order valence-electron chi connectivity index (χ4n) is 1.64. The smallest absolute Gasteiger partial charge is 0.137 e. The van der Waals surface area contributed by atoms with E-state index in [9.17, 15) is 5.11 Å². The van der Waals surface area contributed by atoms with Gasteiger partial charge in [0.2, 0.25) is 0 Å². The van der Waals surface area contributed by atoms with Crippen LogP contribution in [-0.4, -0.2) is 30.9 Å². The molecule has 1 rings (SSSR count). The highest BCUT2D eigenvalue weighted by Crippen LogP contribution is 2.16. The Balaban J connectivity index is 2.30. The van der Waals surface area contributed by atoms with Crippen molar-refractivity contribution in [3.8, 4) is 11.8 Å². The lowest BCUT2D eigenvalue weighted by atomic mass is 9.98. The molecule has 0 saturated carbocycles. The van der Waals surface area contributed by atoms with Gasteiger partial charge in [0.1, 0.15) is 24.5 Å². The van der Waals surface area contributed by atoms with E-state index in [1.165, 1.54) is 0 Å². The minimum absolute atomic E-state index is 0.182. The topological polar surface area (TPSA) is 65.3 Å². The zero-order valence-electron chi connectivity index (χ0n) is 12.5. The number of nitrogens with zero attached hydrogens (tertiary/aromatic N) is 1. The van der Waals surface area contributed by atoms with Crippen LogP contribution in [0.3, 0.4) is 0 Å². The van der Waals surface area contributed by atoms with E-state index in [-0.39, 0.29) is 6.61 Å². The Kier molecular flexibility index (Phi) is 7.06. The molecule has 0 aliphatic rings. The quantitative estimate of drug-likeness (QED) is 0.764. The van der Waals surface area contributed by atoms with Gasteiger partial charge in [0.15, 0.2) is 0 Å². The average Bonchev–Trinajstić information content (AvgIpc) is 2.45. The van der Waals surface area contributed by atoms with E-state index in [1.54, 1.807) is 18.2 Å². The molecule has 4 nitrogen and oxygen atoms in total. The molecule has 20 heavy (non-hydrogen) atoms. The monoisotopic (exact) mass is 276 g/mol. The maximum Gasteiger partial charge on any atom is 0.137 e. The zero-order valence-corrected chi connectivity index (χ0v) is 12.5. The number of hydrogen-bond donors (Lipinski definition) is 2. The number of benzene rings is 1. The molecule has 0 fully saturated rings. The van der Waals surface area contributed by atoms with Crippen LogP contribution in [0.4, 0.5) is 0 Å². The minimum Gasteiger partial charge on any atom is -0.489 e. The van der Waals surface area contributed by atoms with Gasteiger partial charge in [0.05, 0.1) is 5.56 Å². The van der Waals surface area contributed by atoms with Gasteiger partial charge in [-0.15, -0.1) is 0 Å². The van der Waals surface area contributed by atoms with E-state index in [4.69, 9.17) is 10.00 Å². The first kappa shape index (κ1) is 16.5. The number of para-hydroxylation sites is 1. The number of aliphatic hydroxyl groups excluding tert-OH is 1. The molecular weight excluding hydrogens is 252 g/mol. The molecule has 110 valence electrons. The van der Waals surface area contributed by atoms with Gasteiger partial charge in [0, 0.05) is 6.54 Å². The Morgan fingerprint density at radius 1 is 1.25 bits per heavy atom. The Morgan fingerprint density at radius 2 is 1.95 bits per heavy atom. The molecule has 1 aromatic rings. The number of rotatable bonds is 8. The number of hydrogen-bond acceptors (Lipinski definition) is 4. The van der Waals surface area contributed by atoms with E-state index < -0.39 is 6.10 Å².